The van der Waals surface area contributed by atoms with Crippen LogP contribution in [0.2, 0.25) is 0 Å². The summed E-state index contributed by atoms with van der Waals surface area (Å²) in [5, 5.41) is 3.28. The zero-order chi connectivity index (χ0) is 18.1. The van der Waals surface area contributed by atoms with Crippen molar-refractivity contribution in [2.75, 3.05) is 26.1 Å². The van der Waals surface area contributed by atoms with Gasteiger partial charge >= 0.3 is 0 Å². The zero-order valence-corrected chi connectivity index (χ0v) is 16.0. The third-order valence-corrected chi connectivity index (χ3v) is 4.63. The molecule has 1 atom stereocenters. The Hall–Kier alpha value is -2.39. The number of halogens is 1. The van der Waals surface area contributed by atoms with Crippen molar-refractivity contribution in [3.05, 3.63) is 29.3 Å². The monoisotopic (exact) mass is 419 g/mol. The number of nitrogens with one attached hydrogen (secondary N) is 1. The minimum absolute atomic E-state index is 0.0369. The summed E-state index contributed by atoms with van der Waals surface area (Å²) < 4.78 is 18.9. The number of imidazole rings is 1. The molecule has 0 radical (unpaired) electrons. The first-order chi connectivity index (χ1) is 12.7. The van der Waals surface area contributed by atoms with E-state index >= 15 is 0 Å². The van der Waals surface area contributed by atoms with Crippen molar-refractivity contribution in [2.24, 2.45) is 0 Å². The highest BCUT2D eigenvalue weighted by molar-refractivity contribution is 9.10. The maximum Gasteiger partial charge on any atom is 0.200 e. The second kappa shape index (κ2) is 7.08. The predicted molar refractivity (Wildman–Crippen MR) is 100 cm³/mol. The Labute approximate surface area is 158 Å². The molecule has 1 fully saturated rings. The molecule has 0 amide bonds. The van der Waals surface area contributed by atoms with E-state index in [0.717, 1.165) is 25.1 Å². The molecule has 0 saturated carbocycles. The van der Waals surface area contributed by atoms with Crippen molar-refractivity contribution >= 4 is 38.6 Å². The van der Waals surface area contributed by atoms with Crippen LogP contribution in [0.5, 0.6) is 11.5 Å². The maximum atomic E-state index is 5.76. The van der Waals surface area contributed by atoms with Crippen LogP contribution in [0, 0.1) is 0 Å². The van der Waals surface area contributed by atoms with E-state index in [1.54, 1.807) is 26.6 Å². The number of hydrogen-bond acceptors (Lipinski definition) is 7. The van der Waals surface area contributed by atoms with Gasteiger partial charge in [0.25, 0.3) is 0 Å². The molecule has 1 unspecified atom stereocenters. The quantitative estimate of drug-likeness (QED) is 0.631. The van der Waals surface area contributed by atoms with Gasteiger partial charge in [0.05, 0.1) is 26.2 Å². The molecule has 136 valence electrons. The minimum Gasteiger partial charge on any atom is -0.497 e. The fourth-order valence-corrected chi connectivity index (χ4v) is 3.34. The SMILES string of the molecule is COc1ccc(Nc2nc(Br)nc3c2ncn3C2CCCO2)c(OC)c1. The number of benzene rings is 1. The maximum absolute atomic E-state index is 5.76. The first-order valence-electron chi connectivity index (χ1n) is 8.20. The summed E-state index contributed by atoms with van der Waals surface area (Å²) in [6.45, 7) is 0.755. The molecule has 1 aliphatic heterocycles. The molecule has 0 bridgehead atoms. The Kier molecular flexibility index (Phi) is 4.64. The van der Waals surface area contributed by atoms with Crippen molar-refractivity contribution < 1.29 is 14.2 Å². The topological polar surface area (TPSA) is 83.3 Å². The number of fused-ring (bicyclic) bond motifs is 1. The highest BCUT2D eigenvalue weighted by Crippen LogP contribution is 2.34. The largest absolute Gasteiger partial charge is 0.497 e. The number of anilines is 2. The molecule has 1 saturated heterocycles. The summed E-state index contributed by atoms with van der Waals surface area (Å²) in [5.74, 6) is 1.94. The smallest absolute Gasteiger partial charge is 0.200 e. The molecular formula is C17H18BrN5O3. The van der Waals surface area contributed by atoms with Crippen LogP contribution in [0.15, 0.2) is 29.3 Å². The lowest BCUT2D eigenvalue weighted by Crippen LogP contribution is -2.07. The first kappa shape index (κ1) is 17.0. The van der Waals surface area contributed by atoms with Crippen molar-refractivity contribution in [1.82, 2.24) is 19.5 Å². The van der Waals surface area contributed by atoms with Gasteiger partial charge < -0.3 is 19.5 Å². The molecule has 1 N–H and O–H groups in total. The molecular weight excluding hydrogens is 402 g/mol. The van der Waals surface area contributed by atoms with Gasteiger partial charge in [-0.05, 0) is 40.9 Å². The summed E-state index contributed by atoms with van der Waals surface area (Å²) in [7, 11) is 3.22. The van der Waals surface area contributed by atoms with Gasteiger partial charge in [-0.15, -0.1) is 0 Å². The standard InChI is InChI=1S/C17H18BrN5O3/c1-24-10-5-6-11(12(8-10)25-2)20-15-14-16(22-17(18)21-15)23(9-19-14)13-4-3-7-26-13/h5-6,8-9,13H,3-4,7H2,1-2H3,(H,20,21,22). The normalized spacial score (nSPS) is 16.8. The van der Waals surface area contributed by atoms with E-state index in [1.807, 2.05) is 16.7 Å². The Morgan fingerprint density at radius 3 is 2.88 bits per heavy atom. The van der Waals surface area contributed by atoms with E-state index in [2.05, 4.69) is 36.2 Å². The van der Waals surface area contributed by atoms with Gasteiger partial charge in [0.15, 0.2) is 17.0 Å². The molecule has 1 aliphatic rings. The molecule has 2 aromatic heterocycles. The molecule has 0 aliphatic carbocycles. The summed E-state index contributed by atoms with van der Waals surface area (Å²) in [6, 6.07) is 5.53. The number of nitrogens with zero attached hydrogens (tertiary/aromatic N) is 4. The lowest BCUT2D eigenvalue weighted by Gasteiger charge is -2.14. The van der Waals surface area contributed by atoms with E-state index in [1.165, 1.54) is 0 Å². The van der Waals surface area contributed by atoms with Crippen LogP contribution in [-0.4, -0.2) is 40.3 Å². The van der Waals surface area contributed by atoms with Crippen LogP contribution in [0.4, 0.5) is 11.5 Å². The van der Waals surface area contributed by atoms with Crippen LogP contribution in [0.3, 0.4) is 0 Å². The Balaban J connectivity index is 1.75. The van der Waals surface area contributed by atoms with Gasteiger partial charge in [-0.3, -0.25) is 4.57 Å². The average Bonchev–Trinajstić information content (AvgIpc) is 3.31. The number of methoxy groups -OCH3 is 2. The third kappa shape index (κ3) is 3.08. The number of rotatable bonds is 5. The van der Waals surface area contributed by atoms with E-state index < -0.39 is 0 Å². The van der Waals surface area contributed by atoms with Crippen molar-refractivity contribution in [3.63, 3.8) is 0 Å². The number of aromatic nitrogens is 4. The Bertz CT molecular complexity index is 940. The summed E-state index contributed by atoms with van der Waals surface area (Å²) >= 11 is 3.39. The fourth-order valence-electron chi connectivity index (χ4n) is 3.00. The average molecular weight is 420 g/mol. The van der Waals surface area contributed by atoms with Crippen molar-refractivity contribution in [2.45, 2.75) is 19.1 Å². The van der Waals surface area contributed by atoms with E-state index in [0.29, 0.717) is 33.2 Å². The van der Waals surface area contributed by atoms with Crippen LogP contribution in [0.1, 0.15) is 19.1 Å². The Morgan fingerprint density at radius 1 is 1.27 bits per heavy atom. The highest BCUT2D eigenvalue weighted by Gasteiger charge is 2.22. The van der Waals surface area contributed by atoms with Gasteiger partial charge in [-0.1, -0.05) is 0 Å². The summed E-state index contributed by atoms with van der Waals surface area (Å²) in [6.07, 6.45) is 3.69. The molecule has 9 heteroatoms. The first-order valence-corrected chi connectivity index (χ1v) is 8.99. The van der Waals surface area contributed by atoms with Crippen molar-refractivity contribution in [3.8, 4) is 11.5 Å². The summed E-state index contributed by atoms with van der Waals surface area (Å²) in [5.41, 5.74) is 2.14. The molecule has 3 heterocycles. The van der Waals surface area contributed by atoms with Gasteiger partial charge in [0.1, 0.15) is 17.7 Å². The zero-order valence-electron chi connectivity index (χ0n) is 14.4. The van der Waals surface area contributed by atoms with Crippen LogP contribution >= 0.6 is 15.9 Å². The molecule has 4 rings (SSSR count). The lowest BCUT2D eigenvalue weighted by molar-refractivity contribution is 0.0592. The third-order valence-electron chi connectivity index (χ3n) is 4.27. The minimum atomic E-state index is -0.0369. The van der Waals surface area contributed by atoms with Gasteiger partial charge in [-0.2, -0.15) is 0 Å². The Morgan fingerprint density at radius 2 is 2.15 bits per heavy atom. The number of hydrogen-bond donors (Lipinski definition) is 1. The molecule has 26 heavy (non-hydrogen) atoms. The second-order valence-corrected chi connectivity index (χ2v) is 6.53. The van der Waals surface area contributed by atoms with Crippen LogP contribution < -0.4 is 14.8 Å². The van der Waals surface area contributed by atoms with E-state index in [-0.39, 0.29) is 6.23 Å². The number of ether oxygens (including phenoxy) is 3. The van der Waals surface area contributed by atoms with E-state index in [4.69, 9.17) is 14.2 Å². The van der Waals surface area contributed by atoms with Gasteiger partial charge in [0.2, 0.25) is 4.73 Å². The molecule has 1 aromatic carbocycles. The van der Waals surface area contributed by atoms with Gasteiger partial charge in [0, 0.05) is 12.7 Å². The molecule has 0 spiro atoms. The van der Waals surface area contributed by atoms with Crippen LogP contribution in [0.25, 0.3) is 11.2 Å². The molecule has 3 aromatic rings. The summed E-state index contributed by atoms with van der Waals surface area (Å²) in [4.78, 5) is 13.4. The van der Waals surface area contributed by atoms with Crippen molar-refractivity contribution in [1.29, 1.82) is 0 Å². The van der Waals surface area contributed by atoms with Crippen LogP contribution in [-0.2, 0) is 4.74 Å². The van der Waals surface area contributed by atoms with Gasteiger partial charge in [-0.25, -0.2) is 15.0 Å². The molecule has 8 nitrogen and oxygen atoms in total. The fraction of sp³-hybridized carbons (Fsp3) is 0.353. The van der Waals surface area contributed by atoms with E-state index in [9.17, 15) is 0 Å². The lowest BCUT2D eigenvalue weighted by atomic mass is 10.2. The second-order valence-electron chi connectivity index (χ2n) is 5.82. The predicted octanol–water partition coefficient (Wildman–Crippen LogP) is 3.66. The highest BCUT2D eigenvalue weighted by atomic mass is 79.9.